The molecule has 0 bridgehead atoms. The highest BCUT2D eigenvalue weighted by molar-refractivity contribution is 7.12. The minimum Gasteiger partial charge on any atom is -0.496 e. The number of hydrogen-bond donors (Lipinski definition) is 2. The van der Waals surface area contributed by atoms with Gasteiger partial charge in [0.1, 0.15) is 11.8 Å². The van der Waals surface area contributed by atoms with Gasteiger partial charge in [-0.25, -0.2) is 0 Å². The molecule has 2 N–H and O–H groups in total. The maximum Gasteiger partial charge on any atom is 0.261 e. The Bertz CT molecular complexity index is 769. The summed E-state index contributed by atoms with van der Waals surface area (Å²) in [4.78, 5) is 27.7. The summed E-state index contributed by atoms with van der Waals surface area (Å²) in [7, 11) is 1.63. The minimum atomic E-state index is -0.597. The van der Waals surface area contributed by atoms with Crippen molar-refractivity contribution in [1.82, 2.24) is 15.5 Å². The molecule has 1 saturated heterocycles. The maximum absolute atomic E-state index is 13.0. The first kappa shape index (κ1) is 21.2. The predicted molar refractivity (Wildman–Crippen MR) is 109 cm³/mol. The zero-order valence-corrected chi connectivity index (χ0v) is 16.9. The van der Waals surface area contributed by atoms with E-state index in [1.54, 1.807) is 20.1 Å². The summed E-state index contributed by atoms with van der Waals surface area (Å²) in [5, 5.41) is 7.99. The molecule has 1 aliphatic heterocycles. The van der Waals surface area contributed by atoms with Crippen LogP contribution in [0.25, 0.3) is 0 Å². The van der Waals surface area contributed by atoms with Crippen LogP contribution in [0.2, 0.25) is 0 Å². The molecule has 0 saturated carbocycles. The normalized spacial score (nSPS) is 17.6. The van der Waals surface area contributed by atoms with Gasteiger partial charge in [-0.1, -0.05) is 24.3 Å². The molecule has 1 aromatic heterocycles. The van der Waals surface area contributed by atoms with Crippen LogP contribution < -0.4 is 15.4 Å². The van der Waals surface area contributed by atoms with Crippen molar-refractivity contribution < 1.29 is 14.3 Å². The van der Waals surface area contributed by atoms with Crippen molar-refractivity contribution >= 4 is 35.6 Å². The monoisotopic (exact) mass is 409 g/mol. The van der Waals surface area contributed by atoms with E-state index in [1.165, 1.54) is 11.3 Å². The van der Waals surface area contributed by atoms with Crippen LogP contribution >= 0.6 is 23.7 Å². The summed E-state index contributed by atoms with van der Waals surface area (Å²) in [6.45, 7) is 3.69. The van der Waals surface area contributed by atoms with Crippen LogP contribution in [-0.2, 0) is 4.79 Å². The summed E-state index contributed by atoms with van der Waals surface area (Å²) in [5.41, 5.74) is 0.965. The summed E-state index contributed by atoms with van der Waals surface area (Å²) in [6, 6.07) is 10.6. The summed E-state index contributed by atoms with van der Waals surface area (Å²) < 4.78 is 5.47. The Morgan fingerprint density at radius 3 is 2.78 bits per heavy atom. The minimum absolute atomic E-state index is 0. The highest BCUT2D eigenvalue weighted by atomic mass is 35.5. The van der Waals surface area contributed by atoms with Gasteiger partial charge in [0, 0.05) is 25.2 Å². The van der Waals surface area contributed by atoms with E-state index in [-0.39, 0.29) is 30.3 Å². The third-order valence-corrected chi connectivity index (χ3v) is 5.36. The lowest BCUT2D eigenvalue weighted by atomic mass is 10.0. The van der Waals surface area contributed by atoms with Gasteiger partial charge < -0.3 is 20.3 Å². The van der Waals surface area contributed by atoms with E-state index in [4.69, 9.17) is 4.74 Å². The van der Waals surface area contributed by atoms with Crippen molar-refractivity contribution in [1.29, 1.82) is 0 Å². The molecule has 27 heavy (non-hydrogen) atoms. The number of thiophene rings is 1. The molecule has 2 atom stereocenters. The smallest absolute Gasteiger partial charge is 0.261 e. The molecule has 0 radical (unpaired) electrons. The number of piperazine rings is 1. The molecule has 146 valence electrons. The van der Waals surface area contributed by atoms with Crippen LogP contribution in [0.1, 0.15) is 28.2 Å². The van der Waals surface area contributed by atoms with Crippen molar-refractivity contribution in [2.75, 3.05) is 26.7 Å². The molecule has 1 aliphatic rings. The van der Waals surface area contributed by atoms with Crippen molar-refractivity contribution in [2.45, 2.75) is 19.0 Å². The summed E-state index contributed by atoms with van der Waals surface area (Å²) >= 11 is 1.36. The van der Waals surface area contributed by atoms with Crippen molar-refractivity contribution in [3.63, 3.8) is 0 Å². The molecule has 1 fully saturated rings. The second-order valence-electron chi connectivity index (χ2n) is 6.17. The van der Waals surface area contributed by atoms with Crippen LogP contribution in [0.4, 0.5) is 0 Å². The standard InChI is InChI=1S/C19H23N3O3S.ClH/c1-13(21-18(23)17-8-5-11-26-17)19(24)22-10-9-20-12-15(22)14-6-3-4-7-16(14)25-2;/h3-8,11,13,15,20H,9-10,12H2,1-2H3,(H,21,23);1H. The fourth-order valence-electron chi connectivity index (χ4n) is 3.17. The Balaban J connectivity index is 0.00000261. The van der Waals surface area contributed by atoms with E-state index in [0.717, 1.165) is 17.9 Å². The van der Waals surface area contributed by atoms with Gasteiger partial charge in [0.25, 0.3) is 5.91 Å². The molecule has 2 unspecified atom stereocenters. The first-order valence-electron chi connectivity index (χ1n) is 8.60. The number of methoxy groups -OCH3 is 1. The van der Waals surface area contributed by atoms with Crippen LogP contribution in [-0.4, -0.2) is 49.5 Å². The highest BCUT2D eigenvalue weighted by Crippen LogP contribution is 2.30. The van der Waals surface area contributed by atoms with Gasteiger partial charge in [-0.15, -0.1) is 23.7 Å². The quantitative estimate of drug-likeness (QED) is 0.795. The number of para-hydroxylation sites is 1. The van der Waals surface area contributed by atoms with Gasteiger partial charge in [-0.05, 0) is 24.4 Å². The molecule has 1 aromatic carbocycles. The maximum atomic E-state index is 13.0. The number of carbonyl (C=O) groups is 2. The molecule has 0 aliphatic carbocycles. The van der Waals surface area contributed by atoms with Gasteiger partial charge in [0.15, 0.2) is 0 Å². The predicted octanol–water partition coefficient (Wildman–Crippen LogP) is 2.47. The van der Waals surface area contributed by atoms with E-state index >= 15 is 0 Å². The fourth-order valence-corrected chi connectivity index (χ4v) is 3.80. The molecular formula is C19H24ClN3O3S. The van der Waals surface area contributed by atoms with Gasteiger partial charge in [0.2, 0.25) is 5.91 Å². The number of ether oxygens (including phenoxy) is 1. The lowest BCUT2D eigenvalue weighted by Gasteiger charge is -2.38. The Labute approximate surface area is 169 Å². The Hall–Kier alpha value is -2.09. The lowest BCUT2D eigenvalue weighted by Crippen LogP contribution is -2.54. The molecular weight excluding hydrogens is 386 g/mol. The van der Waals surface area contributed by atoms with E-state index in [2.05, 4.69) is 10.6 Å². The number of rotatable bonds is 5. The molecule has 8 heteroatoms. The molecule has 2 amide bonds. The first-order chi connectivity index (χ1) is 12.6. The third kappa shape index (κ3) is 4.80. The summed E-state index contributed by atoms with van der Waals surface area (Å²) in [6.07, 6.45) is 0. The third-order valence-electron chi connectivity index (χ3n) is 4.49. The van der Waals surface area contributed by atoms with Crippen molar-refractivity contribution in [3.8, 4) is 5.75 Å². The lowest BCUT2D eigenvalue weighted by molar-refractivity contribution is -0.136. The molecule has 3 rings (SSSR count). The largest absolute Gasteiger partial charge is 0.496 e. The number of benzene rings is 1. The average molecular weight is 410 g/mol. The second-order valence-corrected chi connectivity index (χ2v) is 7.11. The van der Waals surface area contributed by atoms with E-state index in [1.807, 2.05) is 40.6 Å². The number of carbonyl (C=O) groups excluding carboxylic acids is 2. The summed E-state index contributed by atoms with van der Waals surface area (Å²) in [5.74, 6) is 0.450. The van der Waals surface area contributed by atoms with Crippen molar-refractivity contribution in [2.24, 2.45) is 0 Å². The van der Waals surface area contributed by atoms with E-state index in [0.29, 0.717) is 18.0 Å². The zero-order valence-electron chi connectivity index (χ0n) is 15.3. The van der Waals surface area contributed by atoms with E-state index in [9.17, 15) is 9.59 Å². The number of halogens is 1. The SMILES string of the molecule is COc1ccccc1C1CNCCN1C(=O)C(C)NC(=O)c1cccs1.Cl. The van der Waals surface area contributed by atoms with E-state index < -0.39 is 6.04 Å². The highest BCUT2D eigenvalue weighted by Gasteiger charge is 2.32. The second kappa shape index (κ2) is 9.73. The zero-order chi connectivity index (χ0) is 18.5. The topological polar surface area (TPSA) is 70.7 Å². The van der Waals surface area contributed by atoms with Crippen molar-refractivity contribution in [3.05, 3.63) is 52.2 Å². The number of hydrogen-bond acceptors (Lipinski definition) is 5. The Morgan fingerprint density at radius 2 is 2.07 bits per heavy atom. The fraction of sp³-hybridized carbons (Fsp3) is 0.368. The Morgan fingerprint density at radius 1 is 1.30 bits per heavy atom. The molecule has 0 spiro atoms. The van der Waals surface area contributed by atoms with Gasteiger partial charge >= 0.3 is 0 Å². The number of nitrogens with zero attached hydrogens (tertiary/aromatic N) is 1. The van der Waals surface area contributed by atoms with Crippen LogP contribution in [0, 0.1) is 0 Å². The van der Waals surface area contributed by atoms with Gasteiger partial charge in [-0.2, -0.15) is 0 Å². The van der Waals surface area contributed by atoms with Crippen LogP contribution in [0.3, 0.4) is 0 Å². The van der Waals surface area contributed by atoms with Gasteiger partial charge in [0.05, 0.1) is 18.0 Å². The molecule has 2 heterocycles. The molecule has 6 nitrogen and oxygen atoms in total. The molecule has 2 aromatic rings. The number of nitrogens with one attached hydrogen (secondary N) is 2. The number of amides is 2. The van der Waals surface area contributed by atoms with Gasteiger partial charge in [-0.3, -0.25) is 9.59 Å². The van der Waals surface area contributed by atoms with Crippen LogP contribution in [0.15, 0.2) is 41.8 Å². The average Bonchev–Trinajstić information content (AvgIpc) is 3.22. The Kier molecular flexibility index (Phi) is 7.65. The van der Waals surface area contributed by atoms with Crippen LogP contribution in [0.5, 0.6) is 5.75 Å². The first-order valence-corrected chi connectivity index (χ1v) is 9.48.